The predicted molar refractivity (Wildman–Crippen MR) is 77.2 cm³/mol. The molecule has 1 heterocycles. The number of anilines is 3. The van der Waals surface area contributed by atoms with E-state index in [0.29, 0.717) is 11.6 Å². The van der Waals surface area contributed by atoms with E-state index >= 15 is 0 Å². The van der Waals surface area contributed by atoms with Crippen LogP contribution in [0.4, 0.5) is 17.2 Å². The highest BCUT2D eigenvalue weighted by molar-refractivity contribution is 5.66. The Morgan fingerprint density at radius 1 is 1.17 bits per heavy atom. The quantitative estimate of drug-likeness (QED) is 0.858. The van der Waals surface area contributed by atoms with Gasteiger partial charge in [0.25, 0.3) is 0 Å². The second-order valence-electron chi connectivity index (χ2n) is 4.80. The second kappa shape index (κ2) is 5.08. The number of aromatic nitrogens is 1. The molecule has 18 heavy (non-hydrogen) atoms. The van der Waals surface area contributed by atoms with E-state index in [2.05, 4.69) is 49.3 Å². The van der Waals surface area contributed by atoms with Gasteiger partial charge in [0.15, 0.2) is 0 Å². The van der Waals surface area contributed by atoms with Crippen molar-refractivity contribution in [3.63, 3.8) is 0 Å². The number of nitrogens with two attached hydrogens (primary N) is 1. The van der Waals surface area contributed by atoms with Crippen LogP contribution in [0.3, 0.4) is 0 Å². The van der Waals surface area contributed by atoms with Gasteiger partial charge in [-0.05, 0) is 36.1 Å². The van der Waals surface area contributed by atoms with Crippen LogP contribution in [0, 0.1) is 6.92 Å². The summed E-state index contributed by atoms with van der Waals surface area (Å²) in [5.74, 6) is 1.29. The summed E-state index contributed by atoms with van der Waals surface area (Å²) in [4.78, 5) is 4.28. The fourth-order valence-electron chi connectivity index (χ4n) is 1.95. The van der Waals surface area contributed by atoms with E-state index in [0.717, 1.165) is 11.5 Å². The molecule has 0 atom stereocenters. The van der Waals surface area contributed by atoms with Crippen LogP contribution in [0.15, 0.2) is 36.5 Å². The molecule has 0 bridgehead atoms. The molecule has 1 aromatic heterocycles. The lowest BCUT2D eigenvalue weighted by Gasteiger charge is -2.16. The minimum absolute atomic E-state index is 0.473. The number of nitrogens with one attached hydrogen (secondary N) is 1. The van der Waals surface area contributed by atoms with Crippen molar-refractivity contribution in [1.82, 2.24) is 4.98 Å². The van der Waals surface area contributed by atoms with Crippen LogP contribution in [0.5, 0.6) is 0 Å². The molecule has 0 unspecified atom stereocenters. The number of hydrogen-bond donors (Lipinski definition) is 2. The lowest BCUT2D eigenvalue weighted by atomic mass is 9.98. The van der Waals surface area contributed by atoms with Gasteiger partial charge in [-0.3, -0.25) is 0 Å². The first-order valence-corrected chi connectivity index (χ1v) is 6.16. The Bertz CT molecular complexity index is 530. The Balaban J connectivity index is 2.36. The zero-order valence-corrected chi connectivity index (χ0v) is 11.1. The van der Waals surface area contributed by atoms with Crippen molar-refractivity contribution in [2.45, 2.75) is 26.7 Å². The molecule has 0 aliphatic heterocycles. The maximum Gasteiger partial charge on any atom is 0.130 e. The molecule has 3 heteroatoms. The van der Waals surface area contributed by atoms with Crippen molar-refractivity contribution in [2.75, 3.05) is 11.1 Å². The third-order valence-corrected chi connectivity index (χ3v) is 2.97. The molecule has 0 aliphatic carbocycles. The molecule has 3 N–H and O–H groups in total. The molecule has 2 rings (SSSR count). The standard InChI is InChI=1S/C15H19N3/c1-10(2)13-6-4-5-11(3)15(13)18-14-8-7-12(16)9-17-14/h4-10H,16H2,1-3H3,(H,17,18). The first kappa shape index (κ1) is 12.4. The van der Waals surface area contributed by atoms with E-state index in [9.17, 15) is 0 Å². The van der Waals surface area contributed by atoms with Crippen molar-refractivity contribution in [2.24, 2.45) is 0 Å². The van der Waals surface area contributed by atoms with Crippen molar-refractivity contribution in [3.8, 4) is 0 Å². The van der Waals surface area contributed by atoms with Crippen LogP contribution in [0.2, 0.25) is 0 Å². The molecule has 0 amide bonds. The smallest absolute Gasteiger partial charge is 0.130 e. The molecular weight excluding hydrogens is 222 g/mol. The minimum atomic E-state index is 0.473. The van der Waals surface area contributed by atoms with Crippen molar-refractivity contribution < 1.29 is 0 Å². The maximum atomic E-state index is 5.64. The third-order valence-electron chi connectivity index (χ3n) is 2.97. The molecule has 0 radical (unpaired) electrons. The number of pyridine rings is 1. The molecule has 0 saturated heterocycles. The van der Waals surface area contributed by atoms with Crippen LogP contribution in [0.1, 0.15) is 30.9 Å². The average Bonchev–Trinajstić information content (AvgIpc) is 2.34. The summed E-state index contributed by atoms with van der Waals surface area (Å²) >= 11 is 0. The van der Waals surface area contributed by atoms with E-state index in [-0.39, 0.29) is 0 Å². The normalized spacial score (nSPS) is 10.7. The highest BCUT2D eigenvalue weighted by Crippen LogP contribution is 2.29. The minimum Gasteiger partial charge on any atom is -0.397 e. The number of nitrogens with zero attached hydrogens (tertiary/aromatic N) is 1. The number of nitrogen functional groups attached to an aromatic ring is 1. The van der Waals surface area contributed by atoms with E-state index in [1.165, 1.54) is 11.1 Å². The molecule has 94 valence electrons. The summed E-state index contributed by atoms with van der Waals surface area (Å²) in [6.45, 7) is 6.48. The highest BCUT2D eigenvalue weighted by atomic mass is 15.0. The molecule has 2 aromatic rings. The fourth-order valence-corrected chi connectivity index (χ4v) is 1.95. The summed E-state index contributed by atoms with van der Waals surface area (Å²) in [6, 6.07) is 10.1. The highest BCUT2D eigenvalue weighted by Gasteiger charge is 2.09. The largest absolute Gasteiger partial charge is 0.397 e. The molecule has 0 fully saturated rings. The van der Waals surface area contributed by atoms with Crippen LogP contribution in [-0.2, 0) is 0 Å². The molecular formula is C15H19N3. The van der Waals surface area contributed by atoms with Crippen molar-refractivity contribution >= 4 is 17.2 Å². The van der Waals surface area contributed by atoms with Gasteiger partial charge in [-0.2, -0.15) is 0 Å². The van der Waals surface area contributed by atoms with Crippen LogP contribution >= 0.6 is 0 Å². The van der Waals surface area contributed by atoms with E-state index in [4.69, 9.17) is 5.73 Å². The Labute approximate surface area is 108 Å². The van der Waals surface area contributed by atoms with E-state index in [1.807, 2.05) is 12.1 Å². The summed E-state index contributed by atoms with van der Waals surface area (Å²) in [7, 11) is 0. The lowest BCUT2D eigenvalue weighted by Crippen LogP contribution is -2.01. The van der Waals surface area contributed by atoms with Gasteiger partial charge < -0.3 is 11.1 Å². The average molecular weight is 241 g/mol. The number of aryl methyl sites for hydroxylation is 1. The summed E-state index contributed by atoms with van der Waals surface area (Å²) in [5.41, 5.74) is 9.98. The van der Waals surface area contributed by atoms with Crippen LogP contribution in [0.25, 0.3) is 0 Å². The van der Waals surface area contributed by atoms with Crippen LogP contribution < -0.4 is 11.1 Å². The fraction of sp³-hybridized carbons (Fsp3) is 0.267. The second-order valence-corrected chi connectivity index (χ2v) is 4.80. The first-order chi connectivity index (χ1) is 8.58. The molecule has 0 aliphatic rings. The number of para-hydroxylation sites is 1. The molecule has 0 spiro atoms. The van der Waals surface area contributed by atoms with Crippen LogP contribution in [-0.4, -0.2) is 4.98 Å². The van der Waals surface area contributed by atoms with Gasteiger partial charge in [-0.25, -0.2) is 4.98 Å². The van der Waals surface area contributed by atoms with Gasteiger partial charge in [0.1, 0.15) is 5.82 Å². The Kier molecular flexibility index (Phi) is 3.51. The third kappa shape index (κ3) is 2.62. The van der Waals surface area contributed by atoms with E-state index in [1.54, 1.807) is 6.20 Å². The topological polar surface area (TPSA) is 50.9 Å². The zero-order valence-electron chi connectivity index (χ0n) is 11.1. The van der Waals surface area contributed by atoms with Gasteiger partial charge in [-0.15, -0.1) is 0 Å². The molecule has 0 saturated carbocycles. The SMILES string of the molecule is Cc1cccc(C(C)C)c1Nc1ccc(N)cn1. The maximum absolute atomic E-state index is 5.64. The van der Waals surface area contributed by atoms with Gasteiger partial charge >= 0.3 is 0 Å². The number of rotatable bonds is 3. The van der Waals surface area contributed by atoms with Gasteiger partial charge in [0, 0.05) is 5.69 Å². The number of hydrogen-bond acceptors (Lipinski definition) is 3. The van der Waals surface area contributed by atoms with Gasteiger partial charge in [0.05, 0.1) is 11.9 Å². The monoisotopic (exact) mass is 241 g/mol. The van der Waals surface area contributed by atoms with Gasteiger partial charge in [-0.1, -0.05) is 32.0 Å². The van der Waals surface area contributed by atoms with Crippen molar-refractivity contribution in [3.05, 3.63) is 47.7 Å². The zero-order chi connectivity index (χ0) is 13.1. The first-order valence-electron chi connectivity index (χ1n) is 6.16. The Hall–Kier alpha value is -2.03. The summed E-state index contributed by atoms with van der Waals surface area (Å²) in [6.07, 6.45) is 1.66. The Morgan fingerprint density at radius 2 is 1.94 bits per heavy atom. The molecule has 1 aromatic carbocycles. The summed E-state index contributed by atoms with van der Waals surface area (Å²) in [5, 5.41) is 3.38. The lowest BCUT2D eigenvalue weighted by molar-refractivity contribution is 0.867. The van der Waals surface area contributed by atoms with E-state index < -0.39 is 0 Å². The predicted octanol–water partition coefficient (Wildman–Crippen LogP) is 3.84. The Morgan fingerprint density at radius 3 is 2.56 bits per heavy atom. The molecule has 3 nitrogen and oxygen atoms in total. The van der Waals surface area contributed by atoms with Crippen molar-refractivity contribution in [1.29, 1.82) is 0 Å². The summed E-state index contributed by atoms with van der Waals surface area (Å²) < 4.78 is 0. The van der Waals surface area contributed by atoms with Gasteiger partial charge in [0.2, 0.25) is 0 Å². The number of benzene rings is 1.